The molecule has 1 aromatic carbocycles. The number of aryl methyl sites for hydroxylation is 1. The maximum absolute atomic E-state index is 5.38. The fourth-order valence-corrected chi connectivity index (χ4v) is 2.74. The first-order chi connectivity index (χ1) is 9.20. The lowest BCUT2D eigenvalue weighted by atomic mass is 10.0. The van der Waals surface area contributed by atoms with Gasteiger partial charge in [-0.05, 0) is 18.6 Å². The van der Waals surface area contributed by atoms with Gasteiger partial charge in [0.15, 0.2) is 5.82 Å². The van der Waals surface area contributed by atoms with Gasteiger partial charge in [-0.25, -0.2) is 0 Å². The van der Waals surface area contributed by atoms with Crippen LogP contribution in [0.3, 0.4) is 0 Å². The van der Waals surface area contributed by atoms with Crippen molar-refractivity contribution in [3.05, 3.63) is 41.5 Å². The van der Waals surface area contributed by atoms with Crippen molar-refractivity contribution in [1.82, 2.24) is 10.1 Å². The number of hydrogen-bond donors (Lipinski definition) is 0. The molecule has 3 rings (SSSR count). The van der Waals surface area contributed by atoms with E-state index >= 15 is 0 Å². The van der Waals surface area contributed by atoms with Crippen LogP contribution < -0.4 is 4.90 Å². The van der Waals surface area contributed by atoms with Gasteiger partial charge in [0, 0.05) is 24.6 Å². The molecule has 0 amide bonds. The van der Waals surface area contributed by atoms with Gasteiger partial charge in [0.2, 0.25) is 5.89 Å². The molecular weight excluding hydrogens is 238 g/mol. The predicted molar refractivity (Wildman–Crippen MR) is 74.3 cm³/mol. The Labute approximate surface area is 113 Å². The Morgan fingerprint density at radius 2 is 2.21 bits per heavy atom. The minimum absolute atomic E-state index is 0.124. The summed E-state index contributed by atoms with van der Waals surface area (Å²) in [6, 6.07) is 8.69. The maximum atomic E-state index is 5.38. The number of hydrogen-bond acceptors (Lipinski definition) is 4. The average Bonchev–Trinajstić information content (AvgIpc) is 3.04. The molecule has 2 atom stereocenters. The summed E-state index contributed by atoms with van der Waals surface area (Å²) in [5.41, 5.74) is 2.70. The molecule has 0 fully saturated rings. The van der Waals surface area contributed by atoms with Crippen molar-refractivity contribution < 1.29 is 4.52 Å². The van der Waals surface area contributed by atoms with Crippen molar-refractivity contribution >= 4 is 5.69 Å². The Kier molecular flexibility index (Phi) is 3.01. The summed E-state index contributed by atoms with van der Waals surface area (Å²) in [5.74, 6) is 2.04. The summed E-state index contributed by atoms with van der Waals surface area (Å²) in [4.78, 5) is 6.81. The summed E-state index contributed by atoms with van der Waals surface area (Å²) in [7, 11) is 0. The van der Waals surface area contributed by atoms with Crippen LogP contribution in [0.1, 0.15) is 50.0 Å². The third-order valence-corrected chi connectivity index (χ3v) is 3.87. The van der Waals surface area contributed by atoms with E-state index in [1.165, 1.54) is 11.3 Å². The van der Waals surface area contributed by atoms with E-state index in [-0.39, 0.29) is 6.04 Å². The monoisotopic (exact) mass is 257 g/mol. The number of benzene rings is 1. The zero-order valence-corrected chi connectivity index (χ0v) is 11.6. The Balaban J connectivity index is 1.91. The number of aromatic nitrogens is 2. The highest BCUT2D eigenvalue weighted by Crippen LogP contribution is 2.40. The Morgan fingerprint density at radius 3 is 2.95 bits per heavy atom. The normalized spacial score (nSPS) is 19.5. The zero-order valence-electron chi connectivity index (χ0n) is 11.6. The Bertz CT molecular complexity index is 578. The van der Waals surface area contributed by atoms with E-state index in [2.05, 4.69) is 53.2 Å². The van der Waals surface area contributed by atoms with Gasteiger partial charge in [0.05, 0.1) is 0 Å². The molecule has 0 aliphatic carbocycles. The molecule has 0 N–H and O–H groups in total. The molecule has 4 heteroatoms. The van der Waals surface area contributed by atoms with E-state index in [0.29, 0.717) is 11.8 Å². The largest absolute Gasteiger partial charge is 0.359 e. The summed E-state index contributed by atoms with van der Waals surface area (Å²) in [6.45, 7) is 7.43. The molecule has 100 valence electrons. The van der Waals surface area contributed by atoms with Gasteiger partial charge < -0.3 is 9.42 Å². The summed E-state index contributed by atoms with van der Waals surface area (Å²) >= 11 is 0. The molecular formula is C15H19N3O. The number of anilines is 1. The smallest absolute Gasteiger partial charge is 0.249 e. The summed E-state index contributed by atoms with van der Waals surface area (Å²) in [5, 5.41) is 3.99. The van der Waals surface area contributed by atoms with E-state index in [1.54, 1.807) is 0 Å². The number of rotatable bonds is 3. The van der Waals surface area contributed by atoms with Crippen molar-refractivity contribution in [2.45, 2.75) is 39.2 Å². The van der Waals surface area contributed by atoms with Crippen LogP contribution >= 0.6 is 0 Å². The fourth-order valence-electron chi connectivity index (χ4n) is 2.74. The van der Waals surface area contributed by atoms with Crippen LogP contribution in [0.5, 0.6) is 0 Å². The first kappa shape index (κ1) is 12.2. The Hall–Kier alpha value is -1.84. The second-order valence-electron chi connectivity index (χ2n) is 5.19. The second kappa shape index (κ2) is 4.68. The summed E-state index contributed by atoms with van der Waals surface area (Å²) < 4.78 is 5.38. The van der Waals surface area contributed by atoms with Crippen LogP contribution in [0.2, 0.25) is 0 Å². The minimum atomic E-state index is 0.124. The first-order valence-electron chi connectivity index (χ1n) is 6.88. The third kappa shape index (κ3) is 2.01. The molecule has 19 heavy (non-hydrogen) atoms. The van der Waals surface area contributed by atoms with E-state index in [0.717, 1.165) is 18.8 Å². The lowest BCUT2D eigenvalue weighted by molar-refractivity contribution is 0.351. The number of nitrogens with zero attached hydrogens (tertiary/aromatic N) is 3. The molecule has 2 unspecified atom stereocenters. The van der Waals surface area contributed by atoms with Crippen LogP contribution in [0.25, 0.3) is 0 Å². The van der Waals surface area contributed by atoms with Crippen molar-refractivity contribution in [1.29, 1.82) is 0 Å². The number of para-hydroxylation sites is 1. The minimum Gasteiger partial charge on any atom is -0.359 e. The van der Waals surface area contributed by atoms with E-state index in [1.807, 2.05) is 6.92 Å². The first-order valence-corrected chi connectivity index (χ1v) is 6.88. The van der Waals surface area contributed by atoms with Crippen molar-refractivity contribution in [2.75, 3.05) is 11.4 Å². The van der Waals surface area contributed by atoms with Gasteiger partial charge in [0.25, 0.3) is 0 Å². The summed E-state index contributed by atoms with van der Waals surface area (Å²) in [6.07, 6.45) is 0.809. The van der Waals surface area contributed by atoms with Crippen molar-refractivity contribution in [3.63, 3.8) is 0 Å². The van der Waals surface area contributed by atoms with Gasteiger partial charge in [-0.15, -0.1) is 0 Å². The van der Waals surface area contributed by atoms with Gasteiger partial charge in [-0.3, -0.25) is 0 Å². The van der Waals surface area contributed by atoms with E-state index in [9.17, 15) is 0 Å². The molecule has 2 heterocycles. The molecule has 0 saturated carbocycles. The molecule has 1 aromatic heterocycles. The molecule has 0 radical (unpaired) electrons. The predicted octanol–water partition coefficient (Wildman–Crippen LogP) is 3.32. The maximum Gasteiger partial charge on any atom is 0.249 e. The number of fused-ring (bicyclic) bond motifs is 1. The third-order valence-electron chi connectivity index (χ3n) is 3.87. The highest BCUT2D eigenvalue weighted by atomic mass is 16.5. The average molecular weight is 257 g/mol. The van der Waals surface area contributed by atoms with Crippen LogP contribution in [0.4, 0.5) is 5.69 Å². The van der Waals surface area contributed by atoms with Gasteiger partial charge in [-0.2, -0.15) is 4.98 Å². The second-order valence-corrected chi connectivity index (χ2v) is 5.19. The highest BCUT2D eigenvalue weighted by Gasteiger charge is 2.31. The lowest BCUT2D eigenvalue weighted by Gasteiger charge is -2.24. The lowest BCUT2D eigenvalue weighted by Crippen LogP contribution is -2.25. The molecule has 0 spiro atoms. The van der Waals surface area contributed by atoms with Crippen molar-refractivity contribution in [2.24, 2.45) is 0 Å². The molecule has 0 saturated heterocycles. The van der Waals surface area contributed by atoms with E-state index in [4.69, 9.17) is 4.52 Å². The zero-order chi connectivity index (χ0) is 13.4. The van der Waals surface area contributed by atoms with Crippen molar-refractivity contribution in [3.8, 4) is 0 Å². The standard InChI is InChI=1S/C15H19N3O/c1-4-14-16-15(19-17-14)11(3)18-9-10(2)12-7-5-6-8-13(12)18/h5-8,10-11H,4,9H2,1-3H3. The fraction of sp³-hybridized carbons (Fsp3) is 0.467. The van der Waals surface area contributed by atoms with Gasteiger partial charge in [0.1, 0.15) is 6.04 Å². The van der Waals surface area contributed by atoms with Gasteiger partial charge in [-0.1, -0.05) is 37.2 Å². The highest BCUT2D eigenvalue weighted by molar-refractivity contribution is 5.60. The molecule has 0 bridgehead atoms. The Morgan fingerprint density at radius 1 is 1.42 bits per heavy atom. The molecule has 2 aromatic rings. The van der Waals surface area contributed by atoms with E-state index < -0.39 is 0 Å². The molecule has 4 nitrogen and oxygen atoms in total. The van der Waals surface area contributed by atoms with Crippen LogP contribution in [0.15, 0.2) is 28.8 Å². The molecule has 1 aliphatic heterocycles. The quantitative estimate of drug-likeness (QED) is 0.846. The molecule has 1 aliphatic rings. The van der Waals surface area contributed by atoms with Crippen LogP contribution in [0, 0.1) is 0 Å². The van der Waals surface area contributed by atoms with Gasteiger partial charge >= 0.3 is 0 Å². The van der Waals surface area contributed by atoms with Crippen LogP contribution in [-0.2, 0) is 6.42 Å². The topological polar surface area (TPSA) is 42.2 Å². The SMILES string of the molecule is CCc1noc(C(C)N2CC(C)c3ccccc32)n1. The van der Waals surface area contributed by atoms with Crippen LogP contribution in [-0.4, -0.2) is 16.7 Å².